The summed E-state index contributed by atoms with van der Waals surface area (Å²) in [6.07, 6.45) is 0.934. The van der Waals surface area contributed by atoms with Crippen molar-refractivity contribution in [2.75, 3.05) is 19.8 Å². The predicted molar refractivity (Wildman–Crippen MR) is 151 cm³/mol. The summed E-state index contributed by atoms with van der Waals surface area (Å²) in [7, 11) is -0.813. The number of nitrogens with zero attached hydrogens (tertiary/aromatic N) is 2. The van der Waals surface area contributed by atoms with Crippen molar-refractivity contribution in [3.05, 3.63) is 71.3 Å². The van der Waals surface area contributed by atoms with E-state index in [1.54, 1.807) is 24.3 Å². The average Bonchev–Trinajstić information content (AvgIpc) is 3.31. The molecular formula is C30H40N3O4P. The van der Waals surface area contributed by atoms with E-state index in [0.29, 0.717) is 29.8 Å². The summed E-state index contributed by atoms with van der Waals surface area (Å²) in [6, 6.07) is 17.0. The highest BCUT2D eigenvalue weighted by molar-refractivity contribution is 7.49. The van der Waals surface area contributed by atoms with Crippen molar-refractivity contribution in [1.82, 2.24) is 14.9 Å². The molecule has 38 heavy (non-hydrogen) atoms. The first-order chi connectivity index (χ1) is 18.6. The Kier molecular flexibility index (Phi) is 8.88. The molecule has 5 atom stereocenters. The molecule has 0 saturated heterocycles. The van der Waals surface area contributed by atoms with E-state index in [9.17, 15) is 14.4 Å². The van der Waals surface area contributed by atoms with Crippen molar-refractivity contribution in [3.8, 4) is 0 Å². The van der Waals surface area contributed by atoms with E-state index in [0.717, 1.165) is 23.3 Å². The second kappa shape index (κ2) is 12.5. The summed E-state index contributed by atoms with van der Waals surface area (Å²) in [5, 5.41) is 3.04. The minimum Gasteiger partial charge on any atom is -0.352 e. The Hall–Kier alpha value is -2.60. The Bertz CT molecular complexity index is 1130. The smallest absolute Gasteiger partial charge is 0.262 e. The molecule has 1 heterocycles. The molecule has 0 bridgehead atoms. The van der Waals surface area contributed by atoms with E-state index < -0.39 is 38.5 Å². The zero-order chi connectivity index (χ0) is 28.3. The van der Waals surface area contributed by atoms with Gasteiger partial charge in [-0.25, -0.2) is 0 Å². The normalized spacial score (nSPS) is 24.3. The van der Waals surface area contributed by atoms with Gasteiger partial charge in [0.05, 0.1) is 17.7 Å². The van der Waals surface area contributed by atoms with Crippen LogP contribution in [0.2, 0.25) is 0 Å². The van der Waals surface area contributed by atoms with E-state index in [1.807, 2.05) is 18.2 Å². The van der Waals surface area contributed by atoms with Crippen molar-refractivity contribution in [2.24, 2.45) is 11.8 Å². The third kappa shape index (κ3) is 6.51. The van der Waals surface area contributed by atoms with Gasteiger partial charge in [0.1, 0.15) is 14.8 Å². The van der Waals surface area contributed by atoms with Gasteiger partial charge < -0.3 is 9.84 Å². The lowest BCUT2D eigenvalue weighted by atomic mass is 9.94. The number of benzene rings is 2. The highest BCUT2D eigenvalue weighted by atomic mass is 31.2. The molecule has 2 aromatic rings. The SMILES string of the molecule is [2H]C1[C@@H](COP(C)N(C(C)C)C(C)C)C[C@@H](Cc2ccccc2)[C@H]1NC(=O)CN1C(=O)c2ccccc2C1=O. The first-order valence-corrected chi connectivity index (χ1v) is 15.1. The number of imide groups is 1. The third-order valence-electron chi connectivity index (χ3n) is 7.30. The molecule has 204 valence electrons. The van der Waals surface area contributed by atoms with E-state index >= 15 is 0 Å². The Balaban J connectivity index is 1.44. The van der Waals surface area contributed by atoms with Gasteiger partial charge in [0.25, 0.3) is 11.8 Å². The van der Waals surface area contributed by atoms with E-state index in [4.69, 9.17) is 5.89 Å². The minimum atomic E-state index is -0.813. The quantitative estimate of drug-likeness (QED) is 0.318. The molecule has 2 unspecified atom stereocenters. The van der Waals surface area contributed by atoms with Crippen LogP contribution in [0.15, 0.2) is 54.6 Å². The van der Waals surface area contributed by atoms with Crippen LogP contribution in [0, 0.1) is 11.8 Å². The molecule has 1 fully saturated rings. The molecule has 0 spiro atoms. The van der Waals surface area contributed by atoms with Crippen molar-refractivity contribution in [1.29, 1.82) is 0 Å². The van der Waals surface area contributed by atoms with Crippen LogP contribution in [0.25, 0.3) is 0 Å². The van der Waals surface area contributed by atoms with Gasteiger partial charge in [-0.15, -0.1) is 0 Å². The van der Waals surface area contributed by atoms with E-state index in [2.05, 4.69) is 56.5 Å². The highest BCUT2D eigenvalue weighted by Gasteiger charge is 2.39. The summed E-state index contributed by atoms with van der Waals surface area (Å²) < 4.78 is 17.8. The number of amides is 3. The van der Waals surface area contributed by atoms with Crippen LogP contribution in [0.4, 0.5) is 0 Å². The lowest BCUT2D eigenvalue weighted by molar-refractivity contribution is -0.122. The minimum absolute atomic E-state index is 0.0329. The fourth-order valence-electron chi connectivity index (χ4n) is 5.76. The Morgan fingerprint density at radius 3 is 2.21 bits per heavy atom. The summed E-state index contributed by atoms with van der Waals surface area (Å²) in [5.74, 6) is -1.32. The number of hydrogen-bond acceptors (Lipinski definition) is 5. The number of nitrogens with one attached hydrogen (secondary N) is 1. The summed E-state index contributed by atoms with van der Waals surface area (Å²) in [4.78, 5) is 39.7. The van der Waals surface area contributed by atoms with Crippen LogP contribution in [0.5, 0.6) is 0 Å². The summed E-state index contributed by atoms with van der Waals surface area (Å²) in [6.45, 7) is 10.9. The Labute approximate surface area is 229 Å². The molecule has 1 saturated carbocycles. The maximum atomic E-state index is 13.2. The molecule has 0 radical (unpaired) electrons. The molecule has 1 aliphatic heterocycles. The number of fused-ring (bicyclic) bond motifs is 1. The van der Waals surface area contributed by atoms with Crippen LogP contribution in [-0.4, -0.2) is 65.2 Å². The lowest BCUT2D eigenvalue weighted by Crippen LogP contribution is -2.45. The topological polar surface area (TPSA) is 79.0 Å². The van der Waals surface area contributed by atoms with Crippen molar-refractivity contribution in [3.63, 3.8) is 0 Å². The number of rotatable bonds is 11. The number of carbonyl (C=O) groups excluding carboxylic acids is 3. The molecule has 7 nitrogen and oxygen atoms in total. The number of carbonyl (C=O) groups is 3. The Morgan fingerprint density at radius 2 is 1.63 bits per heavy atom. The van der Waals surface area contributed by atoms with Crippen LogP contribution < -0.4 is 5.32 Å². The van der Waals surface area contributed by atoms with Gasteiger partial charge in [-0.3, -0.25) is 24.0 Å². The molecule has 3 amide bonds. The first kappa shape index (κ1) is 27.0. The van der Waals surface area contributed by atoms with E-state index in [-0.39, 0.29) is 18.4 Å². The van der Waals surface area contributed by atoms with Crippen molar-refractivity contribution >= 4 is 26.0 Å². The fraction of sp³-hybridized carbons (Fsp3) is 0.500. The molecule has 8 heteroatoms. The molecule has 2 aromatic carbocycles. The molecule has 0 aromatic heterocycles. The number of hydrogen-bond donors (Lipinski definition) is 1. The van der Waals surface area contributed by atoms with Gasteiger partial charge in [0.15, 0.2) is 0 Å². The first-order valence-electron chi connectivity index (χ1n) is 14.0. The lowest BCUT2D eigenvalue weighted by Gasteiger charge is -2.35. The second-order valence-corrected chi connectivity index (χ2v) is 12.4. The predicted octanol–water partition coefficient (Wildman–Crippen LogP) is 5.11. The fourth-order valence-corrected chi connectivity index (χ4v) is 7.60. The molecule has 4 rings (SSSR count). The monoisotopic (exact) mass is 538 g/mol. The maximum Gasteiger partial charge on any atom is 0.262 e. The van der Waals surface area contributed by atoms with Crippen LogP contribution in [0.1, 0.15) is 68.2 Å². The van der Waals surface area contributed by atoms with Crippen LogP contribution >= 0.6 is 8.30 Å². The van der Waals surface area contributed by atoms with Crippen LogP contribution in [0.3, 0.4) is 0 Å². The van der Waals surface area contributed by atoms with Gasteiger partial charge >= 0.3 is 0 Å². The average molecular weight is 539 g/mol. The van der Waals surface area contributed by atoms with Crippen molar-refractivity contribution < 1.29 is 20.3 Å². The van der Waals surface area contributed by atoms with Gasteiger partial charge in [0, 0.05) is 19.5 Å². The summed E-state index contributed by atoms with van der Waals surface area (Å²) >= 11 is 0. The Morgan fingerprint density at radius 1 is 1.05 bits per heavy atom. The zero-order valence-corrected chi connectivity index (χ0v) is 23.9. The molecule has 1 aliphatic carbocycles. The van der Waals surface area contributed by atoms with Gasteiger partial charge in [0.2, 0.25) is 5.91 Å². The zero-order valence-electron chi connectivity index (χ0n) is 24.0. The van der Waals surface area contributed by atoms with Gasteiger partial charge in [-0.1, -0.05) is 42.5 Å². The third-order valence-corrected chi connectivity index (χ3v) is 9.40. The standard InChI is InChI=1S/C30H40N3O4P/c1-20(2)33(21(3)4)38(5)37-19-23-16-24(15-22-11-7-6-8-12-22)27(17-23)31-28(34)18-32-29(35)25-13-9-10-14-26(25)30(32)36/h6-14,20-21,23-24,27H,15-19H2,1-5H3,(H,31,34)/t23-,24+,27-,38?/m0/s1/i17D/t17?,23-,24+,27-,38?. The highest BCUT2D eigenvalue weighted by Crippen LogP contribution is 2.43. The maximum absolute atomic E-state index is 13.2. The van der Waals surface area contributed by atoms with Crippen LogP contribution in [-0.2, 0) is 15.7 Å². The van der Waals surface area contributed by atoms with Gasteiger partial charge in [-0.05, 0) is 83.1 Å². The summed E-state index contributed by atoms with van der Waals surface area (Å²) in [5.41, 5.74) is 1.79. The molecular weight excluding hydrogens is 497 g/mol. The largest absolute Gasteiger partial charge is 0.352 e. The van der Waals surface area contributed by atoms with E-state index in [1.165, 1.54) is 0 Å². The molecule has 2 aliphatic rings. The van der Waals surface area contributed by atoms with Crippen molar-refractivity contribution in [2.45, 2.75) is 65.1 Å². The molecule has 1 N–H and O–H groups in total. The van der Waals surface area contributed by atoms with Gasteiger partial charge in [-0.2, -0.15) is 0 Å². The second-order valence-electron chi connectivity index (χ2n) is 10.8.